The molecule has 1 aliphatic carbocycles. The molecule has 3 rings (SSSR count). The Morgan fingerprint density at radius 1 is 1.14 bits per heavy atom. The van der Waals surface area contributed by atoms with Crippen LogP contribution in [-0.4, -0.2) is 16.0 Å². The molecule has 0 radical (unpaired) electrons. The highest BCUT2D eigenvalue weighted by atomic mass is 16.3. The summed E-state index contributed by atoms with van der Waals surface area (Å²) in [4.78, 5) is 2.54. The Hall–Kier alpha value is -1.02. The molecule has 2 aliphatic rings. The van der Waals surface area contributed by atoms with Crippen LogP contribution in [0, 0.1) is 0 Å². The fourth-order valence-electron chi connectivity index (χ4n) is 2.42. The number of nitrogens with zero attached hydrogens (tertiary/aromatic N) is 1. The van der Waals surface area contributed by atoms with Crippen molar-refractivity contribution in [3.63, 3.8) is 0 Å². The smallest absolute Gasteiger partial charge is 0.115 e. The van der Waals surface area contributed by atoms with Gasteiger partial charge in [0.25, 0.3) is 0 Å². The second-order valence-electron chi connectivity index (χ2n) is 4.44. The quantitative estimate of drug-likeness (QED) is 0.732. The van der Waals surface area contributed by atoms with Crippen molar-refractivity contribution in [2.24, 2.45) is 0 Å². The Morgan fingerprint density at radius 2 is 1.93 bits per heavy atom. The molecule has 0 amide bonds. The molecule has 1 heterocycles. The highest BCUT2D eigenvalue weighted by Crippen LogP contribution is 2.33. The first-order valence-corrected chi connectivity index (χ1v) is 5.38. The van der Waals surface area contributed by atoms with Crippen molar-refractivity contribution in [1.82, 2.24) is 4.90 Å². The Kier molecular flexibility index (Phi) is 1.77. The second-order valence-corrected chi connectivity index (χ2v) is 4.44. The second kappa shape index (κ2) is 2.99. The van der Waals surface area contributed by atoms with E-state index in [0.29, 0.717) is 5.75 Å². The SMILES string of the molecule is Oc1ccc2c(c1)CN(C1CCC1)C2. The van der Waals surface area contributed by atoms with Crippen LogP contribution in [-0.2, 0) is 13.1 Å². The maximum absolute atomic E-state index is 9.37. The van der Waals surface area contributed by atoms with Gasteiger partial charge in [-0.1, -0.05) is 12.5 Å². The zero-order valence-corrected chi connectivity index (χ0v) is 8.24. The number of benzene rings is 1. The molecule has 0 atom stereocenters. The van der Waals surface area contributed by atoms with Gasteiger partial charge in [0.2, 0.25) is 0 Å². The summed E-state index contributed by atoms with van der Waals surface area (Å²) in [5, 5.41) is 9.37. The molecule has 0 unspecified atom stereocenters. The molecule has 0 bridgehead atoms. The van der Waals surface area contributed by atoms with Crippen molar-refractivity contribution < 1.29 is 5.11 Å². The fraction of sp³-hybridized carbons (Fsp3) is 0.500. The summed E-state index contributed by atoms with van der Waals surface area (Å²) >= 11 is 0. The van der Waals surface area contributed by atoms with Crippen LogP contribution in [0.25, 0.3) is 0 Å². The van der Waals surface area contributed by atoms with Crippen LogP contribution in [0.5, 0.6) is 5.75 Å². The Balaban J connectivity index is 1.82. The lowest BCUT2D eigenvalue weighted by atomic mass is 9.92. The Morgan fingerprint density at radius 3 is 2.64 bits per heavy atom. The van der Waals surface area contributed by atoms with E-state index in [0.717, 1.165) is 19.1 Å². The van der Waals surface area contributed by atoms with Gasteiger partial charge in [0.1, 0.15) is 5.75 Å². The van der Waals surface area contributed by atoms with Gasteiger partial charge in [0.05, 0.1) is 0 Å². The fourth-order valence-corrected chi connectivity index (χ4v) is 2.42. The van der Waals surface area contributed by atoms with Crippen LogP contribution in [0.1, 0.15) is 30.4 Å². The highest BCUT2D eigenvalue weighted by molar-refractivity contribution is 5.37. The molecular formula is C12H15NO. The molecule has 1 N–H and O–H groups in total. The van der Waals surface area contributed by atoms with Gasteiger partial charge in [0.15, 0.2) is 0 Å². The van der Waals surface area contributed by atoms with E-state index in [2.05, 4.69) is 11.0 Å². The van der Waals surface area contributed by atoms with Gasteiger partial charge in [-0.05, 0) is 36.1 Å². The number of hydrogen-bond acceptors (Lipinski definition) is 2. The van der Waals surface area contributed by atoms with Gasteiger partial charge in [-0.15, -0.1) is 0 Å². The monoisotopic (exact) mass is 189 g/mol. The molecule has 2 nitrogen and oxygen atoms in total. The summed E-state index contributed by atoms with van der Waals surface area (Å²) in [7, 11) is 0. The standard InChI is InChI=1S/C12H15NO/c14-12-5-4-9-7-13(8-10(9)6-12)11-2-1-3-11/h4-6,11,14H,1-3,7-8H2. The third-order valence-corrected chi connectivity index (χ3v) is 3.53. The molecule has 14 heavy (non-hydrogen) atoms. The normalized spacial score (nSPS) is 22.0. The average Bonchev–Trinajstić information content (AvgIpc) is 2.43. The molecular weight excluding hydrogens is 174 g/mol. The van der Waals surface area contributed by atoms with E-state index in [1.165, 1.54) is 30.4 Å². The van der Waals surface area contributed by atoms with Crippen LogP contribution in [0.2, 0.25) is 0 Å². The van der Waals surface area contributed by atoms with Gasteiger partial charge in [0, 0.05) is 19.1 Å². The number of hydrogen-bond donors (Lipinski definition) is 1. The molecule has 2 heteroatoms. The molecule has 1 aliphatic heterocycles. The predicted molar refractivity (Wildman–Crippen MR) is 55.0 cm³/mol. The van der Waals surface area contributed by atoms with E-state index >= 15 is 0 Å². The van der Waals surface area contributed by atoms with Crippen molar-refractivity contribution in [1.29, 1.82) is 0 Å². The lowest BCUT2D eigenvalue weighted by Gasteiger charge is -2.34. The summed E-state index contributed by atoms with van der Waals surface area (Å²) in [6.45, 7) is 2.12. The van der Waals surface area contributed by atoms with E-state index in [1.807, 2.05) is 6.07 Å². The number of phenols is 1. The van der Waals surface area contributed by atoms with Crippen molar-refractivity contribution in [3.8, 4) is 5.75 Å². The Bertz CT molecular complexity index is 357. The van der Waals surface area contributed by atoms with Crippen molar-refractivity contribution in [2.45, 2.75) is 38.4 Å². The molecule has 1 fully saturated rings. The summed E-state index contributed by atoms with van der Waals surface area (Å²) < 4.78 is 0. The van der Waals surface area contributed by atoms with E-state index in [4.69, 9.17) is 0 Å². The summed E-state index contributed by atoms with van der Waals surface area (Å²) in [5.41, 5.74) is 2.71. The summed E-state index contributed by atoms with van der Waals surface area (Å²) in [6.07, 6.45) is 4.11. The topological polar surface area (TPSA) is 23.5 Å². The summed E-state index contributed by atoms with van der Waals surface area (Å²) in [5.74, 6) is 0.402. The molecule has 0 aromatic heterocycles. The van der Waals surface area contributed by atoms with Gasteiger partial charge < -0.3 is 5.11 Å². The molecule has 1 aromatic rings. The maximum atomic E-state index is 9.37. The molecule has 0 saturated heterocycles. The zero-order chi connectivity index (χ0) is 9.54. The maximum Gasteiger partial charge on any atom is 0.115 e. The third kappa shape index (κ3) is 1.22. The Labute approximate surface area is 84.2 Å². The van der Waals surface area contributed by atoms with Crippen LogP contribution in [0.4, 0.5) is 0 Å². The number of fused-ring (bicyclic) bond motifs is 1. The van der Waals surface area contributed by atoms with Crippen LogP contribution in [0.15, 0.2) is 18.2 Å². The molecule has 1 aromatic carbocycles. The molecule has 74 valence electrons. The number of aromatic hydroxyl groups is 1. The minimum atomic E-state index is 0.402. The molecule has 0 spiro atoms. The number of phenolic OH excluding ortho intramolecular Hbond substituents is 1. The van der Waals surface area contributed by atoms with Crippen molar-refractivity contribution in [2.75, 3.05) is 0 Å². The van der Waals surface area contributed by atoms with Crippen molar-refractivity contribution in [3.05, 3.63) is 29.3 Å². The molecule has 1 saturated carbocycles. The lowest BCUT2D eigenvalue weighted by molar-refractivity contribution is 0.126. The van der Waals surface area contributed by atoms with Crippen LogP contribution in [0.3, 0.4) is 0 Å². The first-order valence-electron chi connectivity index (χ1n) is 5.38. The van der Waals surface area contributed by atoms with E-state index < -0.39 is 0 Å². The minimum absolute atomic E-state index is 0.402. The van der Waals surface area contributed by atoms with Gasteiger partial charge in [-0.3, -0.25) is 4.90 Å². The van der Waals surface area contributed by atoms with Gasteiger partial charge >= 0.3 is 0 Å². The summed E-state index contributed by atoms with van der Waals surface area (Å²) in [6, 6.07) is 6.57. The first-order chi connectivity index (χ1) is 6.83. The third-order valence-electron chi connectivity index (χ3n) is 3.53. The number of rotatable bonds is 1. The lowest BCUT2D eigenvalue weighted by Crippen LogP contribution is -2.36. The van der Waals surface area contributed by atoms with Crippen LogP contribution >= 0.6 is 0 Å². The predicted octanol–water partition coefficient (Wildman–Crippen LogP) is 2.26. The average molecular weight is 189 g/mol. The zero-order valence-electron chi connectivity index (χ0n) is 8.24. The van der Waals surface area contributed by atoms with E-state index in [-0.39, 0.29) is 0 Å². The largest absolute Gasteiger partial charge is 0.508 e. The highest BCUT2D eigenvalue weighted by Gasteiger charge is 2.29. The van der Waals surface area contributed by atoms with Gasteiger partial charge in [-0.25, -0.2) is 0 Å². The first kappa shape index (κ1) is 8.30. The van der Waals surface area contributed by atoms with Gasteiger partial charge in [-0.2, -0.15) is 0 Å². The van der Waals surface area contributed by atoms with E-state index in [9.17, 15) is 5.11 Å². The van der Waals surface area contributed by atoms with Crippen molar-refractivity contribution >= 4 is 0 Å². The van der Waals surface area contributed by atoms with Crippen LogP contribution < -0.4 is 0 Å². The minimum Gasteiger partial charge on any atom is -0.508 e. The van der Waals surface area contributed by atoms with E-state index in [1.54, 1.807) is 6.07 Å².